The summed E-state index contributed by atoms with van der Waals surface area (Å²) in [4.78, 5) is 26.8. The van der Waals surface area contributed by atoms with E-state index in [1.165, 1.54) is 0 Å². The minimum Gasteiger partial charge on any atom is -0.342 e. The second-order valence-electron chi connectivity index (χ2n) is 6.51. The van der Waals surface area contributed by atoms with Gasteiger partial charge in [-0.1, -0.05) is 54.1 Å². The minimum absolute atomic E-state index is 0.0283. The van der Waals surface area contributed by atoms with Crippen molar-refractivity contribution in [3.05, 3.63) is 70.7 Å². The van der Waals surface area contributed by atoms with E-state index in [2.05, 4.69) is 0 Å². The quantitative estimate of drug-likeness (QED) is 0.674. The molecule has 2 aromatic carbocycles. The molecule has 0 bridgehead atoms. The van der Waals surface area contributed by atoms with E-state index in [1.807, 2.05) is 59.5 Å². The van der Waals surface area contributed by atoms with Gasteiger partial charge in [0.15, 0.2) is 5.78 Å². The maximum Gasteiger partial charge on any atom is 0.232 e. The summed E-state index contributed by atoms with van der Waals surface area (Å²) in [5.74, 6) is 1.62. The van der Waals surface area contributed by atoms with Crippen LogP contribution in [0.4, 0.5) is 0 Å². The molecule has 0 aromatic heterocycles. The zero-order valence-electron chi connectivity index (χ0n) is 14.6. The molecule has 1 fully saturated rings. The Morgan fingerprint density at radius 1 is 1.04 bits per heavy atom. The fourth-order valence-electron chi connectivity index (χ4n) is 3.20. The van der Waals surface area contributed by atoms with Crippen LogP contribution in [-0.4, -0.2) is 35.4 Å². The molecule has 0 N–H and O–H groups in total. The van der Waals surface area contributed by atoms with Gasteiger partial charge in [-0.25, -0.2) is 0 Å². The number of thioether (sulfide) groups is 1. The molecule has 0 saturated carbocycles. The van der Waals surface area contributed by atoms with Gasteiger partial charge in [-0.15, -0.1) is 11.8 Å². The highest BCUT2D eigenvalue weighted by Gasteiger charge is 2.27. The van der Waals surface area contributed by atoms with Gasteiger partial charge in [0.2, 0.25) is 5.91 Å². The molecule has 5 heteroatoms. The number of rotatable bonds is 6. The maximum atomic E-state index is 12.5. The van der Waals surface area contributed by atoms with Crippen molar-refractivity contribution in [3.63, 3.8) is 0 Å². The van der Waals surface area contributed by atoms with E-state index in [1.54, 1.807) is 11.8 Å². The summed E-state index contributed by atoms with van der Waals surface area (Å²) >= 11 is 7.58. The number of likely N-dealkylation sites (tertiary alicyclic amines) is 1. The van der Waals surface area contributed by atoms with Gasteiger partial charge in [-0.3, -0.25) is 9.59 Å². The Balaban J connectivity index is 1.43. The molecule has 26 heavy (non-hydrogen) atoms. The van der Waals surface area contributed by atoms with Crippen LogP contribution in [0.25, 0.3) is 0 Å². The molecule has 1 aliphatic rings. The summed E-state index contributed by atoms with van der Waals surface area (Å²) in [5, 5.41) is 0.722. The highest BCUT2D eigenvalue weighted by molar-refractivity contribution is 7.99. The Kier molecular flexibility index (Phi) is 6.75. The largest absolute Gasteiger partial charge is 0.342 e. The predicted molar refractivity (Wildman–Crippen MR) is 108 cm³/mol. The van der Waals surface area contributed by atoms with E-state index in [9.17, 15) is 9.59 Å². The lowest BCUT2D eigenvalue weighted by Crippen LogP contribution is -2.41. The first-order valence-corrected chi connectivity index (χ1v) is 10.4. The van der Waals surface area contributed by atoms with Crippen molar-refractivity contribution >= 4 is 35.1 Å². The molecule has 2 aromatic rings. The van der Waals surface area contributed by atoms with Crippen LogP contribution in [0.2, 0.25) is 5.02 Å². The average molecular weight is 388 g/mol. The molecule has 0 atom stereocenters. The van der Waals surface area contributed by atoms with E-state index in [4.69, 9.17) is 11.6 Å². The van der Waals surface area contributed by atoms with Crippen molar-refractivity contribution in [1.29, 1.82) is 0 Å². The lowest BCUT2D eigenvalue weighted by atomic mass is 9.89. The minimum atomic E-state index is 0.0283. The number of halogens is 1. The number of nitrogens with zero attached hydrogens (tertiary/aromatic N) is 1. The zero-order valence-corrected chi connectivity index (χ0v) is 16.1. The predicted octanol–water partition coefficient (Wildman–Crippen LogP) is 4.69. The van der Waals surface area contributed by atoms with Crippen LogP contribution in [-0.2, 0) is 10.5 Å². The monoisotopic (exact) mass is 387 g/mol. The fraction of sp³-hybridized carbons (Fsp3) is 0.333. The third kappa shape index (κ3) is 5.12. The first-order chi connectivity index (χ1) is 12.6. The second-order valence-corrected chi connectivity index (χ2v) is 7.93. The molecular weight excluding hydrogens is 366 g/mol. The molecule has 0 unspecified atom stereocenters. The summed E-state index contributed by atoms with van der Waals surface area (Å²) in [6.45, 7) is 1.33. The van der Waals surface area contributed by atoms with Crippen molar-refractivity contribution in [2.24, 2.45) is 5.92 Å². The molecule has 0 radical (unpaired) electrons. The van der Waals surface area contributed by atoms with E-state index in [0.717, 1.165) is 34.7 Å². The van der Waals surface area contributed by atoms with Gasteiger partial charge in [0, 0.05) is 35.3 Å². The number of piperidine rings is 1. The summed E-state index contributed by atoms with van der Waals surface area (Å²) < 4.78 is 0. The number of hydrogen-bond donors (Lipinski definition) is 0. The standard InChI is InChI=1S/C21H22ClNO2S/c22-19-8-4-5-16(13-19)14-26-15-20(24)23-11-9-18(10-12-23)21(25)17-6-2-1-3-7-17/h1-8,13,18H,9-12,14-15H2. The molecular formula is C21H22ClNO2S. The summed E-state index contributed by atoms with van der Waals surface area (Å²) in [5.41, 5.74) is 1.90. The van der Waals surface area contributed by atoms with Crippen LogP contribution in [0.3, 0.4) is 0 Å². The third-order valence-electron chi connectivity index (χ3n) is 4.66. The molecule has 1 aliphatic heterocycles. The van der Waals surface area contributed by atoms with Crippen LogP contribution in [0, 0.1) is 5.92 Å². The Labute approximate surface area is 163 Å². The van der Waals surface area contributed by atoms with Crippen molar-refractivity contribution in [3.8, 4) is 0 Å². The number of carbonyl (C=O) groups excluding carboxylic acids is 2. The highest BCUT2D eigenvalue weighted by Crippen LogP contribution is 2.23. The Morgan fingerprint density at radius 2 is 1.77 bits per heavy atom. The van der Waals surface area contributed by atoms with Gasteiger partial charge in [-0.2, -0.15) is 0 Å². The SMILES string of the molecule is O=C(c1ccccc1)C1CCN(C(=O)CSCc2cccc(Cl)c2)CC1. The lowest BCUT2D eigenvalue weighted by molar-refractivity contribution is -0.129. The number of carbonyl (C=O) groups is 2. The summed E-state index contributed by atoms with van der Waals surface area (Å²) in [6.07, 6.45) is 1.50. The maximum absolute atomic E-state index is 12.5. The van der Waals surface area contributed by atoms with Crippen LogP contribution in [0.15, 0.2) is 54.6 Å². The molecule has 1 saturated heterocycles. The summed E-state index contributed by atoms with van der Waals surface area (Å²) in [6, 6.07) is 17.2. The van der Waals surface area contributed by atoms with Crippen LogP contribution >= 0.6 is 23.4 Å². The van der Waals surface area contributed by atoms with Crippen molar-refractivity contribution in [1.82, 2.24) is 4.90 Å². The smallest absolute Gasteiger partial charge is 0.232 e. The second kappa shape index (κ2) is 9.24. The molecule has 0 aliphatic carbocycles. The topological polar surface area (TPSA) is 37.4 Å². The van der Waals surface area contributed by atoms with Gasteiger partial charge >= 0.3 is 0 Å². The number of hydrogen-bond acceptors (Lipinski definition) is 3. The van der Waals surface area contributed by atoms with Crippen LogP contribution < -0.4 is 0 Å². The van der Waals surface area contributed by atoms with Crippen LogP contribution in [0.5, 0.6) is 0 Å². The van der Waals surface area contributed by atoms with E-state index in [-0.39, 0.29) is 17.6 Å². The van der Waals surface area contributed by atoms with Gasteiger partial charge in [0.1, 0.15) is 0 Å². The average Bonchev–Trinajstić information content (AvgIpc) is 2.68. The van der Waals surface area contributed by atoms with Gasteiger partial charge in [0.25, 0.3) is 0 Å². The molecule has 136 valence electrons. The Hall–Kier alpha value is -1.78. The molecule has 3 nitrogen and oxygen atoms in total. The van der Waals surface area contributed by atoms with Gasteiger partial charge < -0.3 is 4.90 Å². The molecule has 3 rings (SSSR count). The molecule has 0 spiro atoms. The van der Waals surface area contributed by atoms with Crippen molar-refractivity contribution in [2.45, 2.75) is 18.6 Å². The van der Waals surface area contributed by atoms with E-state index >= 15 is 0 Å². The number of ketones is 1. The van der Waals surface area contributed by atoms with Crippen LogP contribution in [0.1, 0.15) is 28.8 Å². The van der Waals surface area contributed by atoms with E-state index < -0.39 is 0 Å². The molecule has 1 amide bonds. The first-order valence-electron chi connectivity index (χ1n) is 8.82. The van der Waals surface area contributed by atoms with Gasteiger partial charge in [-0.05, 0) is 30.5 Å². The number of amides is 1. The Morgan fingerprint density at radius 3 is 2.46 bits per heavy atom. The number of benzene rings is 2. The van der Waals surface area contributed by atoms with Crippen molar-refractivity contribution in [2.75, 3.05) is 18.8 Å². The van der Waals surface area contributed by atoms with Gasteiger partial charge in [0.05, 0.1) is 5.75 Å². The molecule has 1 heterocycles. The number of Topliss-reactive ketones (excluding diaryl/α,β-unsaturated/α-hetero) is 1. The van der Waals surface area contributed by atoms with E-state index in [0.29, 0.717) is 18.8 Å². The van der Waals surface area contributed by atoms with Crippen molar-refractivity contribution < 1.29 is 9.59 Å². The summed E-state index contributed by atoms with van der Waals surface area (Å²) in [7, 11) is 0. The first kappa shape index (κ1) is 19.0. The fourth-order valence-corrected chi connectivity index (χ4v) is 4.29. The Bertz CT molecular complexity index is 758. The highest BCUT2D eigenvalue weighted by atomic mass is 35.5. The normalized spacial score (nSPS) is 15.0. The third-order valence-corrected chi connectivity index (χ3v) is 5.88. The zero-order chi connectivity index (χ0) is 18.4. The lowest BCUT2D eigenvalue weighted by Gasteiger charge is -2.31.